The summed E-state index contributed by atoms with van der Waals surface area (Å²) in [5, 5.41) is 0.761. The van der Waals surface area contributed by atoms with Crippen LogP contribution in [0.25, 0.3) is 10.9 Å². The lowest BCUT2D eigenvalue weighted by molar-refractivity contribution is 0.0823. The molecule has 1 amide bonds. The molecule has 1 aromatic carbocycles. The van der Waals surface area contributed by atoms with Crippen LogP contribution < -0.4 is 5.46 Å². The molecule has 2 rings (SSSR count). The third-order valence-electron chi connectivity index (χ3n) is 2.47. The zero-order chi connectivity index (χ0) is 14.7. The normalized spacial score (nSPS) is 10.0. The third kappa shape index (κ3) is 2.92. The van der Waals surface area contributed by atoms with Gasteiger partial charge in [-0.3, -0.25) is 4.79 Å². The molecule has 2 radical (unpaired) electrons. The van der Waals surface area contributed by atoms with Crippen LogP contribution in [0.3, 0.4) is 0 Å². The fourth-order valence-corrected chi connectivity index (χ4v) is 1.86. The molecule has 0 aliphatic rings. The first-order valence-corrected chi connectivity index (χ1v) is 6.27. The number of carbonyl (C=O) groups is 1. The smallest absolute Gasteiger partial charge is 0.269 e. The molecule has 0 fully saturated rings. The standard InChI is InChI=1S/C11H9BClFN2O.C2H6/c1-16(2)11(17)8-3-5-7(13)4-6(12)9(14)10(5)15-8;1-2/h3-4,15H,1-2H3;1-2H3. The van der Waals surface area contributed by atoms with E-state index in [1.54, 1.807) is 14.1 Å². The number of nitrogens with one attached hydrogen (secondary N) is 1. The molecule has 0 unspecified atom stereocenters. The Kier molecular flexibility index (Phi) is 5.00. The molecule has 19 heavy (non-hydrogen) atoms. The van der Waals surface area contributed by atoms with Crippen molar-refractivity contribution in [3.05, 3.63) is 28.7 Å². The fraction of sp³-hybridized carbons (Fsp3) is 0.308. The lowest BCUT2D eigenvalue weighted by Crippen LogP contribution is -2.21. The summed E-state index contributed by atoms with van der Waals surface area (Å²) in [5.74, 6) is -0.850. The first-order valence-electron chi connectivity index (χ1n) is 5.89. The van der Waals surface area contributed by atoms with E-state index in [-0.39, 0.29) is 22.6 Å². The molecule has 0 aliphatic heterocycles. The van der Waals surface area contributed by atoms with Crippen LogP contribution in [0.1, 0.15) is 24.3 Å². The molecule has 0 spiro atoms. The van der Waals surface area contributed by atoms with Gasteiger partial charge < -0.3 is 9.88 Å². The number of H-pyrrole nitrogens is 1. The van der Waals surface area contributed by atoms with Gasteiger partial charge in [0.15, 0.2) is 0 Å². The van der Waals surface area contributed by atoms with Gasteiger partial charge in [0.05, 0.1) is 5.52 Å². The van der Waals surface area contributed by atoms with E-state index in [0.717, 1.165) is 0 Å². The number of carbonyl (C=O) groups excluding carboxylic acids is 1. The minimum atomic E-state index is -0.595. The van der Waals surface area contributed by atoms with E-state index in [0.29, 0.717) is 10.4 Å². The Hall–Kier alpha value is -1.49. The SMILES string of the molecule is CC.[B]c1cc(Cl)c2cc(C(=O)N(C)C)[nH]c2c1F. The van der Waals surface area contributed by atoms with Crippen molar-refractivity contribution in [2.24, 2.45) is 0 Å². The van der Waals surface area contributed by atoms with Gasteiger partial charge in [-0.15, -0.1) is 0 Å². The number of aromatic nitrogens is 1. The number of fused-ring (bicyclic) bond motifs is 1. The number of amides is 1. The highest BCUT2D eigenvalue weighted by molar-refractivity contribution is 6.40. The van der Waals surface area contributed by atoms with Gasteiger partial charge in [0, 0.05) is 24.5 Å². The van der Waals surface area contributed by atoms with E-state index >= 15 is 0 Å². The molecule has 3 nitrogen and oxygen atoms in total. The summed E-state index contributed by atoms with van der Waals surface area (Å²) >= 11 is 5.94. The van der Waals surface area contributed by atoms with Crippen LogP contribution in [0.5, 0.6) is 0 Å². The van der Waals surface area contributed by atoms with Crippen molar-refractivity contribution < 1.29 is 9.18 Å². The highest BCUT2D eigenvalue weighted by atomic mass is 35.5. The van der Waals surface area contributed by atoms with Crippen LogP contribution in [0.2, 0.25) is 5.02 Å². The van der Waals surface area contributed by atoms with E-state index in [4.69, 9.17) is 19.4 Å². The topological polar surface area (TPSA) is 36.1 Å². The largest absolute Gasteiger partial charge is 0.348 e. The lowest BCUT2D eigenvalue weighted by Gasteiger charge is -2.07. The van der Waals surface area contributed by atoms with Crippen LogP contribution in [0.4, 0.5) is 4.39 Å². The molecule has 6 heteroatoms. The monoisotopic (exact) mass is 280 g/mol. The minimum Gasteiger partial charge on any atom is -0.348 e. The predicted octanol–water partition coefficient (Wildman–Crippen LogP) is 2.48. The molecule has 1 aromatic heterocycles. The van der Waals surface area contributed by atoms with Crippen molar-refractivity contribution in [1.82, 2.24) is 9.88 Å². The number of halogens is 2. The van der Waals surface area contributed by atoms with Crippen molar-refractivity contribution in [1.29, 1.82) is 0 Å². The van der Waals surface area contributed by atoms with Crippen LogP contribution in [0.15, 0.2) is 12.1 Å². The van der Waals surface area contributed by atoms with Crippen LogP contribution in [-0.2, 0) is 0 Å². The molecule has 0 saturated heterocycles. The van der Waals surface area contributed by atoms with E-state index in [1.165, 1.54) is 17.0 Å². The Morgan fingerprint density at radius 3 is 2.47 bits per heavy atom. The zero-order valence-corrected chi connectivity index (χ0v) is 12.1. The van der Waals surface area contributed by atoms with E-state index in [2.05, 4.69) is 4.98 Å². The second-order valence-corrected chi connectivity index (χ2v) is 4.34. The first kappa shape index (κ1) is 15.6. The zero-order valence-electron chi connectivity index (χ0n) is 11.3. The molecule has 1 N–H and O–H groups in total. The Morgan fingerprint density at radius 1 is 1.37 bits per heavy atom. The number of hydrogen-bond donors (Lipinski definition) is 1. The van der Waals surface area contributed by atoms with Gasteiger partial charge in [0.2, 0.25) is 0 Å². The minimum absolute atomic E-state index is 0.0480. The van der Waals surface area contributed by atoms with Crippen LogP contribution >= 0.6 is 11.6 Å². The summed E-state index contributed by atoms with van der Waals surface area (Å²) in [6.45, 7) is 4.00. The number of rotatable bonds is 1. The fourth-order valence-electron chi connectivity index (χ4n) is 1.59. The molecule has 0 aliphatic carbocycles. The van der Waals surface area contributed by atoms with Gasteiger partial charge in [-0.1, -0.05) is 30.9 Å². The molecule has 0 saturated carbocycles. The third-order valence-corrected chi connectivity index (χ3v) is 2.78. The summed E-state index contributed by atoms with van der Waals surface area (Å²) in [7, 11) is 8.68. The van der Waals surface area contributed by atoms with Gasteiger partial charge in [-0.05, 0) is 12.1 Å². The van der Waals surface area contributed by atoms with Crippen molar-refractivity contribution in [2.45, 2.75) is 13.8 Å². The number of hydrogen-bond acceptors (Lipinski definition) is 1. The van der Waals surface area contributed by atoms with Crippen molar-refractivity contribution in [3.63, 3.8) is 0 Å². The van der Waals surface area contributed by atoms with Gasteiger partial charge in [-0.25, -0.2) is 4.39 Å². The lowest BCUT2D eigenvalue weighted by atomic mass is 9.94. The Bertz CT molecular complexity index is 610. The maximum absolute atomic E-state index is 13.7. The number of nitrogens with zero attached hydrogens (tertiary/aromatic N) is 1. The van der Waals surface area contributed by atoms with E-state index in [1.807, 2.05) is 13.8 Å². The molecule has 0 bridgehead atoms. The van der Waals surface area contributed by atoms with Gasteiger partial charge >= 0.3 is 0 Å². The number of aromatic amines is 1. The summed E-state index contributed by atoms with van der Waals surface area (Å²) in [6, 6.07) is 2.85. The van der Waals surface area contributed by atoms with Gasteiger partial charge in [-0.2, -0.15) is 0 Å². The summed E-state index contributed by atoms with van der Waals surface area (Å²) < 4.78 is 13.7. The Morgan fingerprint density at radius 2 is 1.95 bits per heavy atom. The van der Waals surface area contributed by atoms with E-state index in [9.17, 15) is 9.18 Å². The molecule has 0 atom stereocenters. The quantitative estimate of drug-likeness (QED) is 0.801. The second kappa shape index (κ2) is 6.11. The second-order valence-electron chi connectivity index (χ2n) is 3.93. The summed E-state index contributed by atoms with van der Waals surface area (Å²) in [5.41, 5.74) is 0.379. The first-order chi connectivity index (χ1) is 8.91. The van der Waals surface area contributed by atoms with Crippen molar-refractivity contribution in [2.75, 3.05) is 14.1 Å². The Labute approximate surface area is 118 Å². The average Bonchev–Trinajstić information content (AvgIpc) is 2.83. The Balaban J connectivity index is 0.000000861. The highest BCUT2D eigenvalue weighted by Crippen LogP contribution is 2.25. The van der Waals surface area contributed by atoms with Crippen molar-refractivity contribution >= 4 is 41.7 Å². The predicted molar refractivity (Wildman–Crippen MR) is 78.0 cm³/mol. The molecule has 2 aromatic rings. The summed E-state index contributed by atoms with van der Waals surface area (Å²) in [4.78, 5) is 15.8. The molecule has 1 heterocycles. The van der Waals surface area contributed by atoms with E-state index < -0.39 is 5.82 Å². The average molecular weight is 281 g/mol. The maximum atomic E-state index is 13.7. The van der Waals surface area contributed by atoms with Crippen LogP contribution in [-0.4, -0.2) is 37.7 Å². The number of benzene rings is 1. The molecular weight excluding hydrogens is 265 g/mol. The maximum Gasteiger partial charge on any atom is 0.269 e. The van der Waals surface area contributed by atoms with Gasteiger partial charge in [0.1, 0.15) is 19.4 Å². The molecule has 100 valence electrons. The van der Waals surface area contributed by atoms with Crippen molar-refractivity contribution in [3.8, 4) is 0 Å². The van der Waals surface area contributed by atoms with Crippen LogP contribution in [0, 0.1) is 5.82 Å². The van der Waals surface area contributed by atoms with Gasteiger partial charge in [0.25, 0.3) is 5.91 Å². The summed E-state index contributed by atoms with van der Waals surface area (Å²) in [6.07, 6.45) is 0. The highest BCUT2D eigenvalue weighted by Gasteiger charge is 2.16. The molecular formula is C13H15BClFN2O.